The van der Waals surface area contributed by atoms with Crippen LogP contribution in [-0.4, -0.2) is 82.8 Å². The van der Waals surface area contributed by atoms with Gasteiger partial charge in [-0.1, -0.05) is 5.21 Å². The first kappa shape index (κ1) is 17.8. The maximum absolute atomic E-state index is 11.6. The number of ether oxygens (including phenoxy) is 2. The maximum Gasteiger partial charge on any atom is 0.248 e. The van der Waals surface area contributed by atoms with Gasteiger partial charge >= 0.3 is 0 Å². The van der Waals surface area contributed by atoms with Crippen LogP contribution in [0.1, 0.15) is 19.5 Å². The molecule has 0 unspecified atom stereocenters. The summed E-state index contributed by atoms with van der Waals surface area (Å²) < 4.78 is 13.4. The van der Waals surface area contributed by atoms with Crippen LogP contribution in [0.25, 0.3) is 0 Å². The van der Waals surface area contributed by atoms with E-state index < -0.39 is 0 Å². The molecule has 1 fully saturated rings. The molecule has 0 radical (unpaired) electrons. The van der Waals surface area contributed by atoms with E-state index in [0.29, 0.717) is 6.61 Å². The van der Waals surface area contributed by atoms with Crippen molar-refractivity contribution in [3.63, 3.8) is 0 Å². The van der Waals surface area contributed by atoms with Crippen LogP contribution in [0.5, 0.6) is 0 Å². The lowest BCUT2D eigenvalue weighted by molar-refractivity contribution is -0.161. The molecule has 8 nitrogen and oxygen atoms in total. The van der Waals surface area contributed by atoms with Crippen molar-refractivity contribution in [2.75, 3.05) is 40.4 Å². The van der Waals surface area contributed by atoms with Gasteiger partial charge < -0.3 is 14.4 Å². The summed E-state index contributed by atoms with van der Waals surface area (Å²) >= 11 is 0. The smallest absolute Gasteiger partial charge is 0.248 e. The fourth-order valence-electron chi connectivity index (χ4n) is 2.71. The van der Waals surface area contributed by atoms with Gasteiger partial charge in [-0.05, 0) is 13.8 Å². The fourth-order valence-corrected chi connectivity index (χ4v) is 2.71. The zero-order valence-corrected chi connectivity index (χ0v) is 14.7. The fraction of sp³-hybridized carbons (Fsp3) is 0.800. The van der Waals surface area contributed by atoms with Gasteiger partial charge in [0.2, 0.25) is 5.91 Å². The molecule has 1 aliphatic rings. The van der Waals surface area contributed by atoms with Crippen molar-refractivity contribution in [2.24, 2.45) is 7.05 Å². The topological polar surface area (TPSA) is 72.7 Å². The van der Waals surface area contributed by atoms with E-state index in [0.717, 1.165) is 25.3 Å². The summed E-state index contributed by atoms with van der Waals surface area (Å²) in [5.74, 6) is -0.0436. The predicted molar refractivity (Wildman–Crippen MR) is 84.7 cm³/mol. The largest absolute Gasteiger partial charge is 0.369 e. The lowest BCUT2D eigenvalue weighted by atomic mass is 10.1. The van der Waals surface area contributed by atoms with Gasteiger partial charge in [-0.3, -0.25) is 14.4 Å². The molecule has 23 heavy (non-hydrogen) atoms. The highest BCUT2D eigenvalue weighted by Crippen LogP contribution is 2.22. The Morgan fingerprint density at radius 2 is 2.26 bits per heavy atom. The first-order valence-electron chi connectivity index (χ1n) is 7.78. The molecule has 0 spiro atoms. The Labute approximate surface area is 137 Å². The van der Waals surface area contributed by atoms with Gasteiger partial charge in [-0.25, -0.2) is 0 Å². The van der Waals surface area contributed by atoms with Crippen LogP contribution < -0.4 is 0 Å². The van der Waals surface area contributed by atoms with E-state index in [1.54, 1.807) is 25.0 Å². The van der Waals surface area contributed by atoms with Crippen molar-refractivity contribution in [3.8, 4) is 0 Å². The molecule has 130 valence electrons. The molecule has 0 aromatic carbocycles. The third-order valence-electron chi connectivity index (χ3n) is 3.77. The van der Waals surface area contributed by atoms with E-state index >= 15 is 0 Å². The van der Waals surface area contributed by atoms with E-state index in [1.807, 2.05) is 7.05 Å². The molecular weight excluding hydrogens is 298 g/mol. The molecule has 1 amide bonds. The van der Waals surface area contributed by atoms with E-state index in [1.165, 1.54) is 4.90 Å². The van der Waals surface area contributed by atoms with Crippen LogP contribution in [0.4, 0.5) is 0 Å². The Bertz CT molecular complexity index is 529. The zero-order chi connectivity index (χ0) is 17.0. The van der Waals surface area contributed by atoms with Crippen LogP contribution in [0.2, 0.25) is 0 Å². The minimum absolute atomic E-state index is 0.0436. The number of hydrogen-bond acceptors (Lipinski definition) is 6. The Kier molecular flexibility index (Phi) is 5.72. The van der Waals surface area contributed by atoms with Crippen LogP contribution in [0.3, 0.4) is 0 Å². The molecule has 0 N–H and O–H groups in total. The second-order valence-corrected chi connectivity index (χ2v) is 6.82. The van der Waals surface area contributed by atoms with Crippen LogP contribution >= 0.6 is 0 Å². The quantitative estimate of drug-likeness (QED) is 0.727. The van der Waals surface area contributed by atoms with Crippen molar-refractivity contribution >= 4 is 5.91 Å². The molecule has 1 aliphatic heterocycles. The molecule has 0 saturated carbocycles. The lowest BCUT2D eigenvalue weighted by Crippen LogP contribution is -2.53. The van der Waals surface area contributed by atoms with Gasteiger partial charge in [0, 0.05) is 40.8 Å². The number of likely N-dealkylation sites (N-methyl/N-ethyl adjacent to an activating group) is 1. The maximum atomic E-state index is 11.6. The summed E-state index contributed by atoms with van der Waals surface area (Å²) in [6.07, 6.45) is 1.72. The highest BCUT2D eigenvalue weighted by molar-refractivity contribution is 5.76. The van der Waals surface area contributed by atoms with Crippen LogP contribution in [0.15, 0.2) is 6.20 Å². The second-order valence-electron chi connectivity index (χ2n) is 6.82. The van der Waals surface area contributed by atoms with Crippen molar-refractivity contribution in [3.05, 3.63) is 11.9 Å². The Morgan fingerprint density at radius 1 is 1.52 bits per heavy atom. The third-order valence-corrected chi connectivity index (χ3v) is 3.77. The number of nitrogens with zero attached hydrogens (tertiary/aromatic N) is 5. The molecule has 1 saturated heterocycles. The van der Waals surface area contributed by atoms with Crippen molar-refractivity contribution < 1.29 is 14.3 Å². The normalized spacial score (nSPS) is 21.3. The standard InChI is InChI=1S/C15H27N5O3/c1-15(2)11-20(7-12-6-16-17-19(12)5)8-13(23-15)9-22-10-14(21)18(3)4/h6,13H,7-11H2,1-5H3/t13-/m0/s1. The first-order chi connectivity index (χ1) is 10.8. The van der Waals surface area contributed by atoms with Crippen molar-refractivity contribution in [1.82, 2.24) is 24.8 Å². The minimum atomic E-state index is -0.260. The van der Waals surface area contributed by atoms with Gasteiger partial charge in [0.15, 0.2) is 0 Å². The first-order valence-corrected chi connectivity index (χ1v) is 7.78. The van der Waals surface area contributed by atoms with Gasteiger partial charge in [0.1, 0.15) is 6.61 Å². The molecule has 2 rings (SSSR count). The van der Waals surface area contributed by atoms with Crippen LogP contribution in [-0.2, 0) is 27.9 Å². The number of morpholine rings is 1. The van der Waals surface area contributed by atoms with Crippen LogP contribution in [0, 0.1) is 0 Å². The summed E-state index contributed by atoms with van der Waals surface area (Å²) in [4.78, 5) is 15.4. The molecule has 1 atom stereocenters. The summed E-state index contributed by atoms with van der Waals surface area (Å²) in [5.41, 5.74) is 0.800. The number of hydrogen-bond donors (Lipinski definition) is 0. The highest BCUT2D eigenvalue weighted by atomic mass is 16.5. The number of carbonyl (C=O) groups excluding carboxylic acids is 1. The highest BCUT2D eigenvalue weighted by Gasteiger charge is 2.33. The van der Waals surface area contributed by atoms with Gasteiger partial charge in [-0.2, -0.15) is 0 Å². The summed E-state index contributed by atoms with van der Waals surface area (Å²) in [5, 5.41) is 7.88. The van der Waals surface area contributed by atoms with E-state index in [2.05, 4.69) is 29.1 Å². The number of rotatable bonds is 6. The average Bonchev–Trinajstić information content (AvgIpc) is 2.82. The minimum Gasteiger partial charge on any atom is -0.369 e. The zero-order valence-electron chi connectivity index (χ0n) is 14.7. The molecule has 8 heteroatoms. The summed E-state index contributed by atoms with van der Waals surface area (Å²) in [6, 6.07) is 0. The Balaban J connectivity index is 1.88. The third kappa shape index (κ3) is 5.26. The lowest BCUT2D eigenvalue weighted by Gasteiger charge is -2.42. The molecule has 1 aromatic heterocycles. The Morgan fingerprint density at radius 3 is 2.87 bits per heavy atom. The molecule has 2 heterocycles. The van der Waals surface area contributed by atoms with Gasteiger partial charge in [-0.15, -0.1) is 5.10 Å². The van der Waals surface area contributed by atoms with Gasteiger partial charge in [0.25, 0.3) is 0 Å². The number of aryl methyl sites for hydroxylation is 1. The van der Waals surface area contributed by atoms with E-state index in [9.17, 15) is 4.79 Å². The number of carbonyl (C=O) groups is 1. The van der Waals surface area contributed by atoms with Crippen molar-refractivity contribution in [1.29, 1.82) is 0 Å². The monoisotopic (exact) mass is 325 g/mol. The number of aromatic nitrogens is 3. The molecule has 0 bridgehead atoms. The Hall–Kier alpha value is -1.51. The van der Waals surface area contributed by atoms with E-state index in [4.69, 9.17) is 9.47 Å². The SMILES string of the molecule is CN(C)C(=O)COC[C@@H]1CN(Cc2cnnn2C)CC(C)(C)O1. The second kappa shape index (κ2) is 7.37. The summed E-state index contributed by atoms with van der Waals surface area (Å²) in [6.45, 7) is 6.97. The van der Waals surface area contributed by atoms with E-state index in [-0.39, 0.29) is 24.2 Å². The molecule has 1 aromatic rings. The van der Waals surface area contributed by atoms with Gasteiger partial charge in [0.05, 0.1) is 30.2 Å². The number of amides is 1. The van der Waals surface area contributed by atoms with Crippen molar-refractivity contribution in [2.45, 2.75) is 32.1 Å². The predicted octanol–water partition coefficient (Wildman–Crippen LogP) is -0.101. The summed E-state index contributed by atoms with van der Waals surface area (Å²) in [7, 11) is 5.33. The average molecular weight is 325 g/mol. The molecular formula is C15H27N5O3. The molecule has 0 aliphatic carbocycles.